The number of anilines is 1. The molecule has 0 saturated carbocycles. The molecule has 0 radical (unpaired) electrons. The van der Waals surface area contributed by atoms with Crippen LogP contribution in [0.2, 0.25) is 0 Å². The maximum Gasteiger partial charge on any atom is 0.339 e. The van der Waals surface area contributed by atoms with Crippen molar-refractivity contribution >= 4 is 33.4 Å². The number of rotatable bonds is 8. The first-order valence-electron chi connectivity index (χ1n) is 12.0. The molecule has 3 aromatic carbocycles. The maximum absolute atomic E-state index is 13.2. The molecule has 0 bridgehead atoms. The van der Waals surface area contributed by atoms with Crippen LogP contribution in [0.4, 0.5) is 5.69 Å². The van der Waals surface area contributed by atoms with Gasteiger partial charge in [-0.2, -0.15) is 4.31 Å². The van der Waals surface area contributed by atoms with E-state index in [9.17, 15) is 22.8 Å². The molecule has 1 fully saturated rings. The maximum atomic E-state index is 13.2. The number of piperidine rings is 1. The van der Waals surface area contributed by atoms with Crippen LogP contribution >= 0.6 is 0 Å². The molecule has 1 aliphatic rings. The van der Waals surface area contributed by atoms with E-state index in [1.807, 2.05) is 0 Å². The number of Topliss-reactive ketones (excluding diaryl/α,β-unsaturated/α-hetero) is 1. The molecule has 0 unspecified atom stereocenters. The van der Waals surface area contributed by atoms with E-state index < -0.39 is 28.0 Å². The minimum Gasteiger partial charge on any atom is -0.444 e. The van der Waals surface area contributed by atoms with Crippen molar-refractivity contribution in [3.8, 4) is 0 Å². The quantitative estimate of drug-likeness (QED) is 0.343. The van der Waals surface area contributed by atoms with Gasteiger partial charge in [-0.1, -0.05) is 48.9 Å². The molecule has 1 aliphatic heterocycles. The number of carbonyl (C=O) groups excluding carboxylic acids is 3. The van der Waals surface area contributed by atoms with Crippen LogP contribution in [-0.2, 0) is 19.6 Å². The molecule has 1 heterocycles. The van der Waals surface area contributed by atoms with E-state index in [1.54, 1.807) is 54.6 Å². The standard InChI is InChI=1S/C28H28N2O6S/c1-20(31)23-11-8-12-24(19-23)29-27(32)26(21-9-4-2-5-10-21)36-28(33)22-13-15-25(16-14-22)37(34,35)30-17-6-3-7-18-30/h2,4-5,8-16,19,26H,3,6-7,17-18H2,1H3,(H,29,32)/t26-/m0/s1. The Morgan fingerprint density at radius 2 is 1.51 bits per heavy atom. The molecule has 1 N–H and O–H groups in total. The second-order valence-corrected chi connectivity index (χ2v) is 10.7. The fourth-order valence-electron chi connectivity index (χ4n) is 4.12. The smallest absolute Gasteiger partial charge is 0.339 e. The number of hydrogen-bond donors (Lipinski definition) is 1. The molecule has 3 aromatic rings. The summed E-state index contributed by atoms with van der Waals surface area (Å²) in [5, 5.41) is 2.70. The molecule has 37 heavy (non-hydrogen) atoms. The number of amides is 1. The Balaban J connectivity index is 1.52. The zero-order valence-corrected chi connectivity index (χ0v) is 21.2. The SMILES string of the molecule is CC(=O)c1cccc(NC(=O)[C@@H](OC(=O)c2ccc(S(=O)(=O)N3CCCCC3)cc2)c2ccccc2)c1. The summed E-state index contributed by atoms with van der Waals surface area (Å²) in [6.07, 6.45) is 1.39. The van der Waals surface area contributed by atoms with E-state index in [4.69, 9.17) is 4.74 Å². The van der Waals surface area contributed by atoms with Crippen LogP contribution in [0, 0.1) is 0 Å². The Hall–Kier alpha value is -3.82. The number of ketones is 1. The van der Waals surface area contributed by atoms with E-state index in [1.165, 1.54) is 35.5 Å². The summed E-state index contributed by atoms with van der Waals surface area (Å²) in [5.74, 6) is -1.51. The highest BCUT2D eigenvalue weighted by Gasteiger charge is 2.28. The summed E-state index contributed by atoms with van der Waals surface area (Å²) in [7, 11) is -3.64. The monoisotopic (exact) mass is 520 g/mol. The van der Waals surface area contributed by atoms with Crippen molar-refractivity contribution in [2.45, 2.75) is 37.2 Å². The van der Waals surface area contributed by atoms with Crippen molar-refractivity contribution in [1.29, 1.82) is 0 Å². The van der Waals surface area contributed by atoms with Crippen molar-refractivity contribution in [3.63, 3.8) is 0 Å². The molecule has 1 amide bonds. The first kappa shape index (κ1) is 26.2. The van der Waals surface area contributed by atoms with Crippen LogP contribution in [0.5, 0.6) is 0 Å². The average Bonchev–Trinajstić information content (AvgIpc) is 2.92. The van der Waals surface area contributed by atoms with E-state index in [0.29, 0.717) is 29.9 Å². The molecule has 0 spiro atoms. The molecule has 0 aromatic heterocycles. The average molecular weight is 521 g/mol. The summed E-state index contributed by atoms with van der Waals surface area (Å²) >= 11 is 0. The van der Waals surface area contributed by atoms with E-state index in [-0.39, 0.29) is 16.2 Å². The molecule has 0 aliphatic carbocycles. The molecule has 8 nitrogen and oxygen atoms in total. The van der Waals surface area contributed by atoms with E-state index in [0.717, 1.165) is 19.3 Å². The number of nitrogens with one attached hydrogen (secondary N) is 1. The van der Waals surface area contributed by atoms with Crippen LogP contribution in [0.3, 0.4) is 0 Å². The second-order valence-electron chi connectivity index (χ2n) is 8.81. The Morgan fingerprint density at radius 3 is 2.16 bits per heavy atom. The highest BCUT2D eigenvalue weighted by atomic mass is 32.2. The second kappa shape index (κ2) is 11.5. The number of benzene rings is 3. The molecular weight excluding hydrogens is 492 g/mol. The van der Waals surface area contributed by atoms with Gasteiger partial charge in [-0.15, -0.1) is 0 Å². The first-order chi connectivity index (χ1) is 17.8. The molecule has 1 atom stereocenters. The Morgan fingerprint density at radius 1 is 0.838 bits per heavy atom. The number of carbonyl (C=O) groups is 3. The summed E-state index contributed by atoms with van der Waals surface area (Å²) in [6.45, 7) is 2.39. The van der Waals surface area contributed by atoms with Gasteiger partial charge in [0.1, 0.15) is 0 Å². The first-order valence-corrected chi connectivity index (χ1v) is 13.5. The Bertz CT molecular complexity index is 1380. The largest absolute Gasteiger partial charge is 0.444 e. The summed E-state index contributed by atoms with van der Waals surface area (Å²) in [5.41, 5.74) is 1.40. The third kappa shape index (κ3) is 6.31. The van der Waals surface area contributed by atoms with Gasteiger partial charge < -0.3 is 10.1 Å². The third-order valence-electron chi connectivity index (χ3n) is 6.14. The van der Waals surface area contributed by atoms with Gasteiger partial charge in [0.2, 0.25) is 16.1 Å². The van der Waals surface area contributed by atoms with Gasteiger partial charge in [0.15, 0.2) is 5.78 Å². The lowest BCUT2D eigenvalue weighted by molar-refractivity contribution is -0.125. The third-order valence-corrected chi connectivity index (χ3v) is 8.06. The lowest BCUT2D eigenvalue weighted by Crippen LogP contribution is -2.35. The Labute approximate surface area is 216 Å². The minimum absolute atomic E-state index is 0.105. The van der Waals surface area contributed by atoms with E-state index in [2.05, 4.69) is 5.32 Å². The van der Waals surface area contributed by atoms with Gasteiger partial charge in [-0.25, -0.2) is 13.2 Å². The predicted octanol–water partition coefficient (Wildman–Crippen LogP) is 4.60. The van der Waals surface area contributed by atoms with Gasteiger partial charge in [-0.3, -0.25) is 9.59 Å². The Kier molecular flexibility index (Phi) is 8.15. The normalized spacial score (nSPS) is 14.9. The van der Waals surface area contributed by atoms with Crippen LogP contribution in [-0.4, -0.2) is 43.5 Å². The molecule has 192 valence electrons. The van der Waals surface area contributed by atoms with Gasteiger partial charge in [0, 0.05) is 29.9 Å². The fraction of sp³-hybridized carbons (Fsp3) is 0.250. The van der Waals surface area contributed by atoms with Gasteiger partial charge >= 0.3 is 5.97 Å². The van der Waals surface area contributed by atoms with Gasteiger partial charge in [0.25, 0.3) is 5.91 Å². The fourth-order valence-corrected chi connectivity index (χ4v) is 5.63. The summed E-state index contributed by atoms with van der Waals surface area (Å²) in [4.78, 5) is 37.9. The zero-order chi connectivity index (χ0) is 26.4. The molecular formula is C28H28N2O6S. The zero-order valence-electron chi connectivity index (χ0n) is 20.4. The van der Waals surface area contributed by atoms with Gasteiger partial charge in [0.05, 0.1) is 10.5 Å². The van der Waals surface area contributed by atoms with Crippen molar-refractivity contribution in [3.05, 3.63) is 95.6 Å². The van der Waals surface area contributed by atoms with E-state index >= 15 is 0 Å². The molecule has 1 saturated heterocycles. The summed E-state index contributed by atoms with van der Waals surface area (Å²) < 4.78 is 32.8. The van der Waals surface area contributed by atoms with Crippen molar-refractivity contribution in [1.82, 2.24) is 4.31 Å². The lowest BCUT2D eigenvalue weighted by atomic mass is 10.1. The number of hydrogen-bond acceptors (Lipinski definition) is 6. The molecule has 9 heteroatoms. The van der Waals surface area contributed by atoms with Crippen molar-refractivity contribution in [2.24, 2.45) is 0 Å². The highest BCUT2D eigenvalue weighted by molar-refractivity contribution is 7.89. The number of sulfonamides is 1. The van der Waals surface area contributed by atoms with Crippen LogP contribution in [0.25, 0.3) is 0 Å². The van der Waals surface area contributed by atoms with Crippen LogP contribution in [0.15, 0.2) is 83.8 Å². The molecule has 4 rings (SSSR count). The predicted molar refractivity (Wildman–Crippen MR) is 139 cm³/mol. The highest BCUT2D eigenvalue weighted by Crippen LogP contribution is 2.24. The minimum atomic E-state index is -3.64. The van der Waals surface area contributed by atoms with Crippen molar-refractivity contribution < 1.29 is 27.5 Å². The number of nitrogens with zero attached hydrogens (tertiary/aromatic N) is 1. The number of ether oxygens (including phenoxy) is 1. The topological polar surface area (TPSA) is 110 Å². The van der Waals surface area contributed by atoms with Crippen LogP contribution in [0.1, 0.15) is 58.6 Å². The number of esters is 1. The van der Waals surface area contributed by atoms with Crippen LogP contribution < -0.4 is 5.32 Å². The lowest BCUT2D eigenvalue weighted by Gasteiger charge is -2.25. The van der Waals surface area contributed by atoms with Gasteiger partial charge in [-0.05, 0) is 56.2 Å². The van der Waals surface area contributed by atoms with Crippen molar-refractivity contribution in [2.75, 3.05) is 18.4 Å². The summed E-state index contributed by atoms with van der Waals surface area (Å²) in [6, 6.07) is 20.5.